The molecular weight excluding hydrogens is 248 g/mol. The molecular formula is C13H18N2O2S. The summed E-state index contributed by atoms with van der Waals surface area (Å²) in [6.45, 7) is 4.41. The number of aryl methyl sites for hydroxylation is 1. The van der Waals surface area contributed by atoms with Crippen molar-refractivity contribution in [3.05, 3.63) is 29.8 Å². The number of carbonyl (C=O) groups is 2. The van der Waals surface area contributed by atoms with E-state index in [0.717, 1.165) is 4.90 Å². The number of nitrogens with one attached hydrogen (secondary N) is 2. The second-order valence-electron chi connectivity index (χ2n) is 3.89. The molecule has 0 aromatic heterocycles. The Morgan fingerprint density at radius 3 is 2.50 bits per heavy atom. The summed E-state index contributed by atoms with van der Waals surface area (Å²) >= 11 is 1.52. The van der Waals surface area contributed by atoms with Crippen molar-refractivity contribution >= 4 is 23.6 Å². The van der Waals surface area contributed by atoms with Crippen molar-refractivity contribution in [1.29, 1.82) is 0 Å². The highest BCUT2D eigenvalue weighted by Gasteiger charge is 2.03. The lowest BCUT2D eigenvalue weighted by molar-refractivity contribution is -0.120. The molecule has 0 atom stereocenters. The smallest absolute Gasteiger partial charge is 0.230 e. The second kappa shape index (κ2) is 7.76. The van der Waals surface area contributed by atoms with Gasteiger partial charge in [-0.1, -0.05) is 18.2 Å². The average molecular weight is 266 g/mol. The van der Waals surface area contributed by atoms with Gasteiger partial charge in [0.1, 0.15) is 0 Å². The van der Waals surface area contributed by atoms with Crippen molar-refractivity contribution in [3.63, 3.8) is 0 Å². The van der Waals surface area contributed by atoms with Crippen LogP contribution in [0.5, 0.6) is 0 Å². The third kappa shape index (κ3) is 5.72. The van der Waals surface area contributed by atoms with Gasteiger partial charge in [-0.25, -0.2) is 0 Å². The number of hydrogen-bond donors (Lipinski definition) is 2. The van der Waals surface area contributed by atoms with Gasteiger partial charge in [-0.2, -0.15) is 0 Å². The van der Waals surface area contributed by atoms with Gasteiger partial charge in [-0.15, -0.1) is 11.8 Å². The summed E-state index contributed by atoms with van der Waals surface area (Å²) in [6.07, 6.45) is 0. The van der Waals surface area contributed by atoms with E-state index in [1.165, 1.54) is 24.2 Å². The maximum atomic E-state index is 11.5. The van der Waals surface area contributed by atoms with Crippen LogP contribution in [0.15, 0.2) is 29.2 Å². The van der Waals surface area contributed by atoms with Gasteiger partial charge < -0.3 is 10.6 Å². The number of rotatable bonds is 6. The highest BCUT2D eigenvalue weighted by atomic mass is 32.2. The van der Waals surface area contributed by atoms with Crippen molar-refractivity contribution in [3.8, 4) is 0 Å². The predicted molar refractivity (Wildman–Crippen MR) is 73.6 cm³/mol. The molecule has 0 fully saturated rings. The molecule has 98 valence electrons. The Bertz CT molecular complexity index is 421. The van der Waals surface area contributed by atoms with Crippen LogP contribution in [-0.2, 0) is 9.59 Å². The predicted octanol–water partition coefficient (Wildman–Crippen LogP) is 1.34. The van der Waals surface area contributed by atoms with E-state index in [2.05, 4.69) is 10.6 Å². The Morgan fingerprint density at radius 2 is 1.83 bits per heavy atom. The number of amides is 2. The first kappa shape index (κ1) is 14.6. The quantitative estimate of drug-likeness (QED) is 0.603. The van der Waals surface area contributed by atoms with Gasteiger partial charge in [0.2, 0.25) is 11.8 Å². The molecule has 0 saturated heterocycles. The van der Waals surface area contributed by atoms with Crippen LogP contribution in [0.25, 0.3) is 0 Å². The standard InChI is InChI=1S/C13H18N2O2S/c1-10-5-3-4-6-12(10)18-9-13(17)15-8-7-14-11(2)16/h3-6H,7-9H2,1-2H3,(H,14,16)(H,15,17). The van der Waals surface area contributed by atoms with Gasteiger partial charge in [0, 0.05) is 24.9 Å². The molecule has 5 heteroatoms. The fourth-order valence-corrected chi connectivity index (χ4v) is 2.21. The van der Waals surface area contributed by atoms with E-state index in [1.807, 2.05) is 31.2 Å². The van der Waals surface area contributed by atoms with E-state index in [-0.39, 0.29) is 11.8 Å². The molecule has 1 rings (SSSR count). The average Bonchev–Trinajstić information content (AvgIpc) is 2.33. The number of benzene rings is 1. The van der Waals surface area contributed by atoms with Gasteiger partial charge in [-0.05, 0) is 18.6 Å². The third-order valence-electron chi connectivity index (χ3n) is 2.27. The minimum atomic E-state index is -0.0847. The molecule has 0 aliphatic heterocycles. The molecule has 18 heavy (non-hydrogen) atoms. The lowest BCUT2D eigenvalue weighted by Gasteiger charge is -2.07. The van der Waals surface area contributed by atoms with Crippen molar-refractivity contribution in [2.75, 3.05) is 18.8 Å². The van der Waals surface area contributed by atoms with Gasteiger partial charge in [0.05, 0.1) is 5.75 Å². The van der Waals surface area contributed by atoms with E-state index in [0.29, 0.717) is 18.8 Å². The zero-order valence-electron chi connectivity index (χ0n) is 10.7. The molecule has 1 aromatic carbocycles. The topological polar surface area (TPSA) is 58.2 Å². The Labute approximate surface area is 112 Å². The highest BCUT2D eigenvalue weighted by molar-refractivity contribution is 8.00. The summed E-state index contributed by atoms with van der Waals surface area (Å²) in [7, 11) is 0. The zero-order valence-corrected chi connectivity index (χ0v) is 11.5. The summed E-state index contributed by atoms with van der Waals surface area (Å²) in [4.78, 5) is 23.3. The Morgan fingerprint density at radius 1 is 1.17 bits per heavy atom. The first-order chi connectivity index (χ1) is 8.59. The minimum absolute atomic E-state index is 0.0198. The first-order valence-electron chi connectivity index (χ1n) is 5.79. The second-order valence-corrected chi connectivity index (χ2v) is 4.90. The monoisotopic (exact) mass is 266 g/mol. The molecule has 0 saturated carbocycles. The largest absolute Gasteiger partial charge is 0.355 e. The molecule has 0 aliphatic carbocycles. The molecule has 0 aliphatic rings. The minimum Gasteiger partial charge on any atom is -0.355 e. The van der Waals surface area contributed by atoms with Crippen LogP contribution in [0.4, 0.5) is 0 Å². The van der Waals surface area contributed by atoms with E-state index >= 15 is 0 Å². The SMILES string of the molecule is CC(=O)NCCNC(=O)CSc1ccccc1C. The zero-order chi connectivity index (χ0) is 13.4. The molecule has 0 radical (unpaired) electrons. The normalized spacial score (nSPS) is 9.89. The van der Waals surface area contributed by atoms with Crippen molar-refractivity contribution in [2.24, 2.45) is 0 Å². The summed E-state index contributed by atoms with van der Waals surface area (Å²) in [5, 5.41) is 5.38. The van der Waals surface area contributed by atoms with E-state index in [9.17, 15) is 9.59 Å². The van der Waals surface area contributed by atoms with E-state index in [1.54, 1.807) is 0 Å². The Balaban J connectivity index is 2.21. The van der Waals surface area contributed by atoms with Gasteiger partial charge in [-0.3, -0.25) is 9.59 Å². The first-order valence-corrected chi connectivity index (χ1v) is 6.77. The number of hydrogen-bond acceptors (Lipinski definition) is 3. The molecule has 2 N–H and O–H groups in total. The van der Waals surface area contributed by atoms with Crippen molar-refractivity contribution < 1.29 is 9.59 Å². The van der Waals surface area contributed by atoms with Crippen LogP contribution in [-0.4, -0.2) is 30.7 Å². The third-order valence-corrected chi connectivity index (χ3v) is 3.45. The molecule has 0 spiro atoms. The summed E-state index contributed by atoms with van der Waals surface area (Å²) in [6, 6.07) is 7.97. The molecule has 1 aromatic rings. The van der Waals surface area contributed by atoms with Crippen LogP contribution < -0.4 is 10.6 Å². The number of thioether (sulfide) groups is 1. The van der Waals surface area contributed by atoms with Crippen LogP contribution in [0.1, 0.15) is 12.5 Å². The Kier molecular flexibility index (Phi) is 6.28. The Hall–Kier alpha value is -1.49. The highest BCUT2D eigenvalue weighted by Crippen LogP contribution is 2.21. The van der Waals surface area contributed by atoms with Gasteiger partial charge in [0.25, 0.3) is 0 Å². The van der Waals surface area contributed by atoms with Crippen LogP contribution in [0.2, 0.25) is 0 Å². The van der Waals surface area contributed by atoms with E-state index < -0.39 is 0 Å². The van der Waals surface area contributed by atoms with Crippen LogP contribution >= 0.6 is 11.8 Å². The van der Waals surface area contributed by atoms with E-state index in [4.69, 9.17) is 0 Å². The molecule has 0 unspecified atom stereocenters. The van der Waals surface area contributed by atoms with Crippen molar-refractivity contribution in [1.82, 2.24) is 10.6 Å². The maximum Gasteiger partial charge on any atom is 0.230 e. The molecule has 0 bridgehead atoms. The molecule has 4 nitrogen and oxygen atoms in total. The number of carbonyl (C=O) groups excluding carboxylic acids is 2. The van der Waals surface area contributed by atoms with Crippen molar-refractivity contribution in [2.45, 2.75) is 18.7 Å². The van der Waals surface area contributed by atoms with Crippen LogP contribution in [0, 0.1) is 6.92 Å². The van der Waals surface area contributed by atoms with Gasteiger partial charge in [0.15, 0.2) is 0 Å². The lowest BCUT2D eigenvalue weighted by atomic mass is 10.2. The maximum absolute atomic E-state index is 11.5. The summed E-state index contributed by atoms with van der Waals surface area (Å²) < 4.78 is 0. The van der Waals surface area contributed by atoms with Gasteiger partial charge >= 0.3 is 0 Å². The summed E-state index contributed by atoms with van der Waals surface area (Å²) in [5.41, 5.74) is 1.17. The lowest BCUT2D eigenvalue weighted by Crippen LogP contribution is -2.34. The fraction of sp³-hybridized carbons (Fsp3) is 0.385. The fourth-order valence-electron chi connectivity index (χ4n) is 1.35. The summed E-state index contributed by atoms with van der Waals surface area (Å²) in [5.74, 6) is 0.289. The molecule has 2 amide bonds. The molecule has 0 heterocycles. The van der Waals surface area contributed by atoms with Crippen LogP contribution in [0.3, 0.4) is 0 Å².